The zero-order valence-electron chi connectivity index (χ0n) is 21.9. The van der Waals surface area contributed by atoms with E-state index in [0.717, 1.165) is 0 Å². The van der Waals surface area contributed by atoms with Gasteiger partial charge in [-0.15, -0.1) is 0 Å². The van der Waals surface area contributed by atoms with Crippen LogP contribution in [0.4, 0.5) is 20.6 Å². The number of amides is 4. The first-order valence-electron chi connectivity index (χ1n) is 11.9. The van der Waals surface area contributed by atoms with Crippen LogP contribution in [0, 0.1) is 17.0 Å². The number of aromatic nitrogens is 1. The van der Waals surface area contributed by atoms with Crippen LogP contribution in [0.1, 0.15) is 33.3 Å². The van der Waals surface area contributed by atoms with Crippen LogP contribution in [0.3, 0.4) is 0 Å². The molecule has 0 aliphatic heterocycles. The molecular weight excluding hydrogens is 552 g/mol. The van der Waals surface area contributed by atoms with E-state index in [4.69, 9.17) is 19.9 Å². The van der Waals surface area contributed by atoms with Gasteiger partial charge in [0.2, 0.25) is 5.91 Å². The molecular formula is C23H30N6O10S. The van der Waals surface area contributed by atoms with Gasteiger partial charge in [0.1, 0.15) is 12.3 Å². The maximum Gasteiger partial charge on any atom is 0.404 e. The number of hydrogen-bond donors (Lipinski definition) is 4. The van der Waals surface area contributed by atoms with Crippen LogP contribution < -0.4 is 21.7 Å². The van der Waals surface area contributed by atoms with Crippen molar-refractivity contribution in [1.82, 2.24) is 10.3 Å². The zero-order valence-corrected chi connectivity index (χ0v) is 22.7. The van der Waals surface area contributed by atoms with Crippen molar-refractivity contribution in [1.29, 1.82) is 0 Å². The van der Waals surface area contributed by atoms with Gasteiger partial charge in [-0.1, -0.05) is 0 Å². The maximum absolute atomic E-state index is 12.8. The van der Waals surface area contributed by atoms with Crippen LogP contribution in [0.5, 0.6) is 0 Å². The molecule has 1 aromatic carbocycles. The van der Waals surface area contributed by atoms with Crippen molar-refractivity contribution < 1.29 is 43.0 Å². The Kier molecular flexibility index (Phi) is 13.4. The molecule has 0 radical (unpaired) electrons. The summed E-state index contributed by atoms with van der Waals surface area (Å²) in [6.45, 7) is 4.63. The molecule has 0 spiro atoms. The van der Waals surface area contributed by atoms with Gasteiger partial charge >= 0.3 is 11.1 Å². The van der Waals surface area contributed by atoms with Crippen molar-refractivity contribution in [3.8, 4) is 0 Å². The molecule has 2 rings (SSSR count). The fourth-order valence-electron chi connectivity index (χ4n) is 3.03. The average Bonchev–Trinajstić information content (AvgIpc) is 3.26. The number of primary amides is 1. The van der Waals surface area contributed by atoms with Gasteiger partial charge in [0, 0.05) is 19.0 Å². The van der Waals surface area contributed by atoms with Crippen LogP contribution in [0.25, 0.3) is 0 Å². The van der Waals surface area contributed by atoms with Crippen molar-refractivity contribution in [3.63, 3.8) is 0 Å². The number of aryl methyl sites for hydroxylation is 1. The molecule has 0 bridgehead atoms. The number of nitro groups is 1. The highest BCUT2D eigenvalue weighted by atomic mass is 32.1. The smallest absolute Gasteiger partial charge is 0.404 e. The molecule has 218 valence electrons. The van der Waals surface area contributed by atoms with Crippen LogP contribution in [-0.2, 0) is 23.7 Å². The Morgan fingerprint density at radius 1 is 0.975 bits per heavy atom. The number of hydrogen-bond acceptors (Lipinski definition) is 12. The Morgan fingerprint density at radius 2 is 1.60 bits per heavy atom. The lowest BCUT2D eigenvalue weighted by atomic mass is 10.1. The van der Waals surface area contributed by atoms with Crippen molar-refractivity contribution in [3.05, 3.63) is 45.1 Å². The van der Waals surface area contributed by atoms with Gasteiger partial charge in [-0.2, -0.15) is 0 Å². The van der Waals surface area contributed by atoms with Crippen molar-refractivity contribution in [2.24, 2.45) is 5.73 Å². The summed E-state index contributed by atoms with van der Waals surface area (Å²) in [5, 5.41) is 18.5. The molecule has 4 amide bonds. The molecule has 0 unspecified atom stereocenters. The molecule has 0 saturated carbocycles. The van der Waals surface area contributed by atoms with Gasteiger partial charge in [-0.25, -0.2) is 9.78 Å². The van der Waals surface area contributed by atoms with Crippen molar-refractivity contribution >= 4 is 51.0 Å². The number of anilines is 2. The third-order valence-electron chi connectivity index (χ3n) is 4.74. The molecule has 0 atom stereocenters. The lowest BCUT2D eigenvalue weighted by molar-refractivity contribution is -0.380. The SMILES string of the molecule is CC(=O)Nc1cc(C(=O)NCCOCCOCCOCCOC(N)=O)ccc1C(=O)Nc1nc(C)c([N+](=O)[O-])s1. The first kappa shape index (κ1) is 32.0. The number of nitrogens with two attached hydrogens (primary N) is 1. The van der Waals surface area contributed by atoms with Crippen LogP contribution in [-0.4, -0.2) is 86.5 Å². The fourth-order valence-corrected chi connectivity index (χ4v) is 3.81. The molecule has 17 heteroatoms. The van der Waals surface area contributed by atoms with Gasteiger partial charge in [0.05, 0.1) is 55.8 Å². The Morgan fingerprint density at radius 3 is 2.17 bits per heavy atom. The van der Waals surface area contributed by atoms with Gasteiger partial charge in [0.15, 0.2) is 5.13 Å². The number of nitrogens with one attached hydrogen (secondary N) is 3. The van der Waals surface area contributed by atoms with E-state index in [0.29, 0.717) is 37.8 Å². The normalized spacial score (nSPS) is 10.6. The molecule has 0 fully saturated rings. The average molecular weight is 583 g/mol. The number of carbonyl (C=O) groups excluding carboxylic acids is 4. The summed E-state index contributed by atoms with van der Waals surface area (Å²) in [4.78, 5) is 61.8. The number of thiazole rings is 1. The number of carbonyl (C=O) groups is 4. The second-order valence-corrected chi connectivity index (χ2v) is 8.80. The highest BCUT2D eigenvalue weighted by molar-refractivity contribution is 7.19. The standard InChI is InChI=1S/C23H30N6O10S/c1-14-21(29(34)35)40-23(26-14)28-20(32)17-4-3-16(13-18(17)27-15(2)30)19(31)25-5-6-36-7-8-37-9-10-38-11-12-39-22(24)33/h3-4,13H,5-12H2,1-2H3,(H2,24,33)(H,25,31)(H,27,30)(H,26,28,32). The predicted octanol–water partition coefficient (Wildman–Crippen LogP) is 1.45. The Hall–Kier alpha value is -4.19. The van der Waals surface area contributed by atoms with E-state index in [1.165, 1.54) is 32.0 Å². The maximum atomic E-state index is 12.8. The number of nitrogens with zero attached hydrogens (tertiary/aromatic N) is 2. The van der Waals surface area contributed by atoms with E-state index in [2.05, 4.69) is 25.7 Å². The third-order valence-corrected chi connectivity index (χ3v) is 5.77. The minimum Gasteiger partial charge on any atom is -0.447 e. The lowest BCUT2D eigenvalue weighted by Crippen LogP contribution is -2.28. The summed E-state index contributed by atoms with van der Waals surface area (Å²) in [6.07, 6.45) is -0.860. The van der Waals surface area contributed by atoms with Crippen molar-refractivity contribution in [2.45, 2.75) is 13.8 Å². The molecule has 0 aliphatic rings. The largest absolute Gasteiger partial charge is 0.447 e. The molecule has 1 aromatic heterocycles. The van der Waals surface area contributed by atoms with Gasteiger partial charge in [-0.3, -0.25) is 29.8 Å². The van der Waals surface area contributed by atoms with Crippen LogP contribution in [0.15, 0.2) is 18.2 Å². The third kappa shape index (κ3) is 11.3. The Bertz CT molecular complexity index is 1200. The topological polar surface area (TPSA) is 223 Å². The summed E-state index contributed by atoms with van der Waals surface area (Å²) in [5.41, 5.74) is 5.28. The molecule has 0 aliphatic carbocycles. The van der Waals surface area contributed by atoms with Crippen LogP contribution in [0.2, 0.25) is 0 Å². The minimum absolute atomic E-state index is 0.0238. The summed E-state index contributed by atoms with van der Waals surface area (Å²) in [6, 6.07) is 4.10. The highest BCUT2D eigenvalue weighted by Gasteiger charge is 2.21. The molecule has 5 N–H and O–H groups in total. The second kappa shape index (κ2) is 16.7. The monoisotopic (exact) mass is 582 g/mol. The molecule has 40 heavy (non-hydrogen) atoms. The van der Waals surface area contributed by atoms with Gasteiger partial charge in [-0.05, 0) is 36.5 Å². The molecule has 1 heterocycles. The summed E-state index contributed by atoms with van der Waals surface area (Å²) in [7, 11) is 0. The van der Waals surface area contributed by atoms with E-state index < -0.39 is 28.7 Å². The van der Waals surface area contributed by atoms with Gasteiger partial charge < -0.3 is 35.3 Å². The van der Waals surface area contributed by atoms with E-state index in [1.807, 2.05) is 0 Å². The fraction of sp³-hybridized carbons (Fsp3) is 0.435. The van der Waals surface area contributed by atoms with Crippen LogP contribution >= 0.6 is 11.3 Å². The van der Waals surface area contributed by atoms with E-state index in [9.17, 15) is 29.3 Å². The summed E-state index contributed by atoms with van der Waals surface area (Å²) < 4.78 is 20.4. The molecule has 0 saturated heterocycles. The number of rotatable bonds is 17. The highest BCUT2D eigenvalue weighted by Crippen LogP contribution is 2.30. The Balaban J connectivity index is 1.78. The first-order chi connectivity index (χ1) is 19.1. The Labute approximate surface area is 232 Å². The lowest BCUT2D eigenvalue weighted by Gasteiger charge is -2.12. The van der Waals surface area contributed by atoms with E-state index in [1.54, 1.807) is 0 Å². The quantitative estimate of drug-likeness (QED) is 0.119. The zero-order chi connectivity index (χ0) is 29.5. The minimum atomic E-state index is -0.860. The molecule has 16 nitrogen and oxygen atoms in total. The van der Waals surface area contributed by atoms with Gasteiger partial charge in [0.25, 0.3) is 11.8 Å². The molecule has 2 aromatic rings. The van der Waals surface area contributed by atoms with E-state index in [-0.39, 0.29) is 59.0 Å². The summed E-state index contributed by atoms with van der Waals surface area (Å²) in [5.74, 6) is -1.59. The number of benzene rings is 1. The first-order valence-corrected chi connectivity index (χ1v) is 12.7. The van der Waals surface area contributed by atoms with Crippen molar-refractivity contribution in [2.75, 3.05) is 63.4 Å². The van der Waals surface area contributed by atoms with E-state index >= 15 is 0 Å². The second-order valence-electron chi connectivity index (χ2n) is 7.82. The number of ether oxygens (including phenoxy) is 4. The predicted molar refractivity (Wildman–Crippen MR) is 143 cm³/mol. The summed E-state index contributed by atoms with van der Waals surface area (Å²) >= 11 is 0.705.